The smallest absolute Gasteiger partial charge is 0.226 e. The Morgan fingerprint density at radius 2 is 2.00 bits per heavy atom. The summed E-state index contributed by atoms with van der Waals surface area (Å²) in [5, 5.41) is 0. The van der Waals surface area contributed by atoms with Gasteiger partial charge in [0, 0.05) is 25.6 Å². The first-order valence-electron chi connectivity index (χ1n) is 8.71. The van der Waals surface area contributed by atoms with E-state index in [2.05, 4.69) is 13.8 Å². The van der Waals surface area contributed by atoms with E-state index in [9.17, 15) is 9.18 Å². The molecule has 1 aliphatic heterocycles. The highest BCUT2D eigenvalue weighted by atomic mass is 19.1. The van der Waals surface area contributed by atoms with Gasteiger partial charge in [0.1, 0.15) is 5.82 Å². The number of amides is 1. The van der Waals surface area contributed by atoms with E-state index in [-0.39, 0.29) is 29.7 Å². The first-order chi connectivity index (χ1) is 11.1. The van der Waals surface area contributed by atoms with Crippen LogP contribution >= 0.6 is 0 Å². The van der Waals surface area contributed by atoms with Crippen LogP contribution in [-0.4, -0.2) is 36.6 Å². The highest BCUT2D eigenvalue weighted by Gasteiger charge is 2.47. The van der Waals surface area contributed by atoms with E-state index in [1.54, 1.807) is 12.1 Å². The van der Waals surface area contributed by atoms with E-state index < -0.39 is 0 Å². The first-order valence-corrected chi connectivity index (χ1v) is 8.71. The number of rotatable bonds is 5. The van der Waals surface area contributed by atoms with Crippen molar-refractivity contribution < 1.29 is 13.9 Å². The third-order valence-electron chi connectivity index (χ3n) is 4.83. The Morgan fingerprint density at radius 3 is 2.65 bits per heavy atom. The molecule has 0 bridgehead atoms. The van der Waals surface area contributed by atoms with Gasteiger partial charge in [-0.15, -0.1) is 0 Å². The van der Waals surface area contributed by atoms with Gasteiger partial charge in [0.25, 0.3) is 0 Å². The molecule has 4 heteroatoms. The fourth-order valence-corrected chi connectivity index (χ4v) is 3.39. The van der Waals surface area contributed by atoms with Gasteiger partial charge < -0.3 is 9.64 Å². The quantitative estimate of drug-likeness (QED) is 0.830. The van der Waals surface area contributed by atoms with Crippen molar-refractivity contribution in [2.75, 3.05) is 19.7 Å². The first kappa shape index (κ1) is 16.4. The van der Waals surface area contributed by atoms with Crippen LogP contribution in [0.3, 0.4) is 0 Å². The SMILES string of the molecule is CC(C)COC1CCN(C(=O)[C@H]2C[C@H]2c2ccccc2F)CC1. The molecule has 1 aliphatic carbocycles. The van der Waals surface area contributed by atoms with E-state index in [0.29, 0.717) is 11.5 Å². The molecule has 2 aliphatic rings. The van der Waals surface area contributed by atoms with Crippen LogP contribution in [0.15, 0.2) is 24.3 Å². The van der Waals surface area contributed by atoms with Gasteiger partial charge in [0.15, 0.2) is 0 Å². The van der Waals surface area contributed by atoms with Crippen LogP contribution in [0, 0.1) is 17.7 Å². The number of piperidine rings is 1. The van der Waals surface area contributed by atoms with E-state index in [4.69, 9.17) is 4.74 Å². The highest BCUT2D eigenvalue weighted by Crippen LogP contribution is 2.49. The molecule has 23 heavy (non-hydrogen) atoms. The normalized spacial score (nSPS) is 25.0. The lowest BCUT2D eigenvalue weighted by molar-refractivity contribution is -0.135. The summed E-state index contributed by atoms with van der Waals surface area (Å²) in [6, 6.07) is 6.82. The molecular formula is C19H26FNO2. The lowest BCUT2D eigenvalue weighted by Crippen LogP contribution is -2.42. The van der Waals surface area contributed by atoms with Crippen molar-refractivity contribution in [3.63, 3.8) is 0 Å². The Morgan fingerprint density at radius 1 is 1.30 bits per heavy atom. The second-order valence-corrected chi connectivity index (χ2v) is 7.22. The van der Waals surface area contributed by atoms with Crippen molar-refractivity contribution in [3.05, 3.63) is 35.6 Å². The summed E-state index contributed by atoms with van der Waals surface area (Å²) >= 11 is 0. The molecular weight excluding hydrogens is 293 g/mol. The molecule has 1 amide bonds. The van der Waals surface area contributed by atoms with Crippen molar-refractivity contribution in [2.24, 2.45) is 11.8 Å². The van der Waals surface area contributed by atoms with Crippen LogP contribution in [0.2, 0.25) is 0 Å². The zero-order valence-electron chi connectivity index (χ0n) is 14.0. The molecule has 0 aromatic heterocycles. The second-order valence-electron chi connectivity index (χ2n) is 7.22. The third-order valence-corrected chi connectivity index (χ3v) is 4.83. The van der Waals surface area contributed by atoms with Crippen molar-refractivity contribution in [1.29, 1.82) is 0 Å². The van der Waals surface area contributed by atoms with Gasteiger partial charge >= 0.3 is 0 Å². The van der Waals surface area contributed by atoms with Crippen LogP contribution in [0.1, 0.15) is 44.6 Å². The Kier molecular flexibility index (Phi) is 5.00. The Bertz CT molecular complexity index is 552. The number of hydrogen-bond acceptors (Lipinski definition) is 2. The summed E-state index contributed by atoms with van der Waals surface area (Å²) < 4.78 is 19.7. The number of ether oxygens (including phenoxy) is 1. The summed E-state index contributed by atoms with van der Waals surface area (Å²) in [4.78, 5) is 14.5. The fraction of sp³-hybridized carbons (Fsp3) is 0.632. The number of hydrogen-bond donors (Lipinski definition) is 0. The molecule has 126 valence electrons. The van der Waals surface area contributed by atoms with Gasteiger partial charge in [0.2, 0.25) is 5.91 Å². The molecule has 3 rings (SSSR count). The predicted octanol–water partition coefficient (Wildman–Crippen LogP) is 3.59. The number of carbonyl (C=O) groups excluding carboxylic acids is 1. The molecule has 0 unspecified atom stereocenters. The molecule has 0 spiro atoms. The van der Waals surface area contributed by atoms with Gasteiger partial charge in [0.05, 0.1) is 6.10 Å². The van der Waals surface area contributed by atoms with Crippen LogP contribution in [0.5, 0.6) is 0 Å². The molecule has 1 saturated carbocycles. The number of benzene rings is 1. The van der Waals surface area contributed by atoms with E-state index in [0.717, 1.165) is 39.0 Å². The number of nitrogens with zero attached hydrogens (tertiary/aromatic N) is 1. The van der Waals surface area contributed by atoms with Crippen molar-refractivity contribution in [2.45, 2.75) is 45.1 Å². The maximum absolute atomic E-state index is 13.8. The monoisotopic (exact) mass is 319 g/mol. The summed E-state index contributed by atoms with van der Waals surface area (Å²) in [7, 11) is 0. The molecule has 1 saturated heterocycles. The van der Waals surface area contributed by atoms with Gasteiger partial charge in [-0.1, -0.05) is 32.0 Å². The Hall–Kier alpha value is -1.42. The van der Waals surface area contributed by atoms with Crippen LogP contribution in [-0.2, 0) is 9.53 Å². The molecule has 1 heterocycles. The van der Waals surface area contributed by atoms with Crippen molar-refractivity contribution in [1.82, 2.24) is 4.90 Å². The zero-order valence-corrected chi connectivity index (χ0v) is 14.0. The minimum atomic E-state index is -0.186. The Labute approximate surface area is 137 Å². The largest absolute Gasteiger partial charge is 0.378 e. The average Bonchev–Trinajstić information content (AvgIpc) is 3.33. The maximum Gasteiger partial charge on any atom is 0.226 e. The molecule has 1 aromatic carbocycles. The summed E-state index contributed by atoms with van der Waals surface area (Å²) in [5.74, 6) is 0.593. The van der Waals surface area contributed by atoms with Crippen molar-refractivity contribution >= 4 is 5.91 Å². The molecule has 2 atom stereocenters. The third kappa shape index (κ3) is 3.92. The minimum Gasteiger partial charge on any atom is -0.378 e. The number of likely N-dealkylation sites (tertiary alicyclic amines) is 1. The molecule has 2 fully saturated rings. The van der Waals surface area contributed by atoms with E-state index in [1.807, 2.05) is 11.0 Å². The topological polar surface area (TPSA) is 29.5 Å². The van der Waals surface area contributed by atoms with Crippen LogP contribution in [0.4, 0.5) is 4.39 Å². The van der Waals surface area contributed by atoms with Gasteiger partial charge in [-0.05, 0) is 42.7 Å². The van der Waals surface area contributed by atoms with Crippen LogP contribution in [0.25, 0.3) is 0 Å². The summed E-state index contributed by atoms with van der Waals surface area (Å²) in [6.45, 7) is 6.62. The van der Waals surface area contributed by atoms with Gasteiger partial charge in [-0.2, -0.15) is 0 Å². The zero-order chi connectivity index (χ0) is 16.4. The lowest BCUT2D eigenvalue weighted by atomic mass is 10.1. The van der Waals surface area contributed by atoms with E-state index in [1.165, 1.54) is 6.07 Å². The molecule has 0 radical (unpaired) electrons. The number of carbonyl (C=O) groups is 1. The fourth-order valence-electron chi connectivity index (χ4n) is 3.39. The van der Waals surface area contributed by atoms with Crippen molar-refractivity contribution in [3.8, 4) is 0 Å². The highest BCUT2D eigenvalue weighted by molar-refractivity contribution is 5.83. The average molecular weight is 319 g/mol. The second kappa shape index (κ2) is 7.00. The lowest BCUT2D eigenvalue weighted by Gasteiger charge is -2.32. The minimum absolute atomic E-state index is 0.0277. The predicted molar refractivity (Wildman–Crippen MR) is 87.6 cm³/mol. The Balaban J connectivity index is 1.49. The van der Waals surface area contributed by atoms with Crippen LogP contribution < -0.4 is 0 Å². The molecule has 0 N–H and O–H groups in total. The molecule has 3 nitrogen and oxygen atoms in total. The van der Waals surface area contributed by atoms with Gasteiger partial charge in [-0.3, -0.25) is 4.79 Å². The maximum atomic E-state index is 13.8. The van der Waals surface area contributed by atoms with Gasteiger partial charge in [-0.25, -0.2) is 4.39 Å². The summed E-state index contributed by atoms with van der Waals surface area (Å²) in [5.41, 5.74) is 0.695. The molecule has 1 aromatic rings. The standard InChI is InChI=1S/C19H26FNO2/c1-13(2)12-23-14-7-9-21(10-8-14)19(22)17-11-16(17)15-5-3-4-6-18(15)20/h3-6,13-14,16-17H,7-12H2,1-2H3/t16-,17-/m0/s1. The van der Waals surface area contributed by atoms with E-state index >= 15 is 0 Å². The number of halogens is 1. The summed E-state index contributed by atoms with van der Waals surface area (Å²) in [6.07, 6.45) is 2.89.